The minimum atomic E-state index is 0.428. The van der Waals surface area contributed by atoms with Crippen molar-refractivity contribution in [2.75, 3.05) is 17.6 Å². The first-order chi connectivity index (χ1) is 7.75. The molecule has 0 aliphatic carbocycles. The predicted molar refractivity (Wildman–Crippen MR) is 69.9 cm³/mol. The smallest absolute Gasteiger partial charge is 0.0970 e. The zero-order chi connectivity index (χ0) is 11.4. The van der Waals surface area contributed by atoms with E-state index in [0.717, 1.165) is 17.9 Å². The molecule has 1 aromatic heterocycles. The molecule has 1 aromatic carbocycles. The zero-order valence-electron chi connectivity index (χ0n) is 9.18. The summed E-state index contributed by atoms with van der Waals surface area (Å²) >= 11 is 1.70. The van der Waals surface area contributed by atoms with E-state index in [-0.39, 0.29) is 0 Å². The molecule has 4 heteroatoms. The molecule has 0 saturated carbocycles. The third-order valence-corrected chi connectivity index (χ3v) is 3.40. The van der Waals surface area contributed by atoms with E-state index < -0.39 is 0 Å². The minimum absolute atomic E-state index is 0.428. The fourth-order valence-electron chi connectivity index (χ4n) is 1.44. The molecule has 0 aliphatic rings. The lowest BCUT2D eigenvalue weighted by Crippen LogP contribution is -2.09. The Balaban J connectivity index is 1.90. The first-order valence-electron chi connectivity index (χ1n) is 5.24. The summed E-state index contributed by atoms with van der Waals surface area (Å²) in [4.78, 5) is 4.30. The monoisotopic (exact) mass is 233 g/mol. The summed E-state index contributed by atoms with van der Waals surface area (Å²) in [5.74, 6) is 0.428. The molecule has 84 valence electrons. The molecule has 1 heterocycles. The van der Waals surface area contributed by atoms with Crippen LogP contribution in [-0.4, -0.2) is 11.5 Å². The molecule has 2 aromatic rings. The lowest BCUT2D eigenvalue weighted by molar-refractivity contribution is 0.795. The van der Waals surface area contributed by atoms with Crippen LogP contribution >= 0.6 is 11.3 Å². The average molecular weight is 233 g/mol. The molecule has 0 bridgehead atoms. The second-order valence-electron chi connectivity index (χ2n) is 3.77. The van der Waals surface area contributed by atoms with Gasteiger partial charge in [0.05, 0.1) is 5.01 Å². The molecular weight excluding hydrogens is 218 g/mol. The van der Waals surface area contributed by atoms with Gasteiger partial charge in [-0.05, 0) is 24.3 Å². The third-order valence-electron chi connectivity index (χ3n) is 2.40. The van der Waals surface area contributed by atoms with E-state index in [0.29, 0.717) is 5.92 Å². The Hall–Kier alpha value is -1.55. The van der Waals surface area contributed by atoms with Crippen molar-refractivity contribution >= 4 is 22.7 Å². The Labute approximate surface area is 99.3 Å². The topological polar surface area (TPSA) is 50.9 Å². The Morgan fingerprint density at radius 1 is 1.38 bits per heavy atom. The molecule has 0 saturated heterocycles. The molecule has 3 N–H and O–H groups in total. The summed E-state index contributed by atoms with van der Waals surface area (Å²) in [6, 6.07) is 7.78. The van der Waals surface area contributed by atoms with E-state index in [2.05, 4.69) is 17.2 Å². The Morgan fingerprint density at radius 3 is 2.75 bits per heavy atom. The molecule has 16 heavy (non-hydrogen) atoms. The Morgan fingerprint density at radius 2 is 2.12 bits per heavy atom. The van der Waals surface area contributed by atoms with Crippen molar-refractivity contribution < 1.29 is 0 Å². The van der Waals surface area contributed by atoms with Gasteiger partial charge in [0.25, 0.3) is 0 Å². The first-order valence-corrected chi connectivity index (χ1v) is 6.12. The van der Waals surface area contributed by atoms with Crippen LogP contribution in [0.1, 0.15) is 17.8 Å². The van der Waals surface area contributed by atoms with Crippen LogP contribution in [0.15, 0.2) is 35.8 Å². The fourth-order valence-corrected chi connectivity index (χ4v) is 2.14. The van der Waals surface area contributed by atoms with Crippen molar-refractivity contribution in [1.82, 2.24) is 4.98 Å². The minimum Gasteiger partial charge on any atom is -0.399 e. The van der Waals surface area contributed by atoms with E-state index >= 15 is 0 Å². The molecular formula is C12H15N3S. The Kier molecular flexibility index (Phi) is 3.41. The van der Waals surface area contributed by atoms with Crippen LogP contribution in [0.4, 0.5) is 11.4 Å². The number of nitrogens with one attached hydrogen (secondary N) is 1. The zero-order valence-corrected chi connectivity index (χ0v) is 10.00. The van der Waals surface area contributed by atoms with Crippen molar-refractivity contribution in [3.8, 4) is 0 Å². The average Bonchev–Trinajstić information content (AvgIpc) is 2.81. The molecule has 0 amide bonds. The van der Waals surface area contributed by atoms with Gasteiger partial charge >= 0.3 is 0 Å². The van der Waals surface area contributed by atoms with Crippen molar-refractivity contribution in [2.45, 2.75) is 12.8 Å². The van der Waals surface area contributed by atoms with Gasteiger partial charge in [0.15, 0.2) is 0 Å². The highest BCUT2D eigenvalue weighted by Crippen LogP contribution is 2.18. The van der Waals surface area contributed by atoms with E-state index in [4.69, 9.17) is 5.73 Å². The Bertz CT molecular complexity index is 422. The maximum atomic E-state index is 5.62. The lowest BCUT2D eigenvalue weighted by atomic mass is 10.2. The maximum Gasteiger partial charge on any atom is 0.0970 e. The summed E-state index contributed by atoms with van der Waals surface area (Å²) in [5.41, 5.74) is 7.51. The van der Waals surface area contributed by atoms with Gasteiger partial charge in [-0.25, -0.2) is 4.98 Å². The number of benzene rings is 1. The summed E-state index contributed by atoms with van der Waals surface area (Å²) in [7, 11) is 0. The number of hydrogen-bond donors (Lipinski definition) is 2. The van der Waals surface area contributed by atoms with Crippen molar-refractivity contribution in [3.63, 3.8) is 0 Å². The third kappa shape index (κ3) is 2.73. The van der Waals surface area contributed by atoms with Crippen LogP contribution < -0.4 is 11.1 Å². The van der Waals surface area contributed by atoms with Gasteiger partial charge in [0.2, 0.25) is 0 Å². The van der Waals surface area contributed by atoms with E-state index in [1.165, 1.54) is 5.01 Å². The highest BCUT2D eigenvalue weighted by atomic mass is 32.1. The largest absolute Gasteiger partial charge is 0.399 e. The normalized spacial score (nSPS) is 12.3. The number of nitrogen functional groups attached to an aromatic ring is 1. The molecule has 3 nitrogen and oxygen atoms in total. The van der Waals surface area contributed by atoms with Crippen LogP contribution in [0.3, 0.4) is 0 Å². The fraction of sp³-hybridized carbons (Fsp3) is 0.250. The maximum absolute atomic E-state index is 5.62. The van der Waals surface area contributed by atoms with E-state index in [1.807, 2.05) is 35.8 Å². The molecule has 0 fully saturated rings. The van der Waals surface area contributed by atoms with Crippen LogP contribution in [0.2, 0.25) is 0 Å². The highest BCUT2D eigenvalue weighted by Gasteiger charge is 2.07. The summed E-state index contributed by atoms with van der Waals surface area (Å²) in [6.07, 6.45) is 1.85. The number of nitrogens with two attached hydrogens (primary N) is 1. The first kappa shape index (κ1) is 11.0. The summed E-state index contributed by atoms with van der Waals surface area (Å²) in [5, 5.41) is 6.55. The summed E-state index contributed by atoms with van der Waals surface area (Å²) < 4.78 is 0. The van der Waals surface area contributed by atoms with Gasteiger partial charge in [-0.15, -0.1) is 11.3 Å². The quantitative estimate of drug-likeness (QED) is 0.798. The van der Waals surface area contributed by atoms with Gasteiger partial charge in [-0.1, -0.05) is 6.92 Å². The summed E-state index contributed by atoms with van der Waals surface area (Å²) in [6.45, 7) is 3.06. The molecule has 0 spiro atoms. The second-order valence-corrected chi connectivity index (χ2v) is 4.70. The van der Waals surface area contributed by atoms with Crippen molar-refractivity contribution in [2.24, 2.45) is 0 Å². The molecule has 1 unspecified atom stereocenters. The van der Waals surface area contributed by atoms with Crippen LogP contribution in [0.5, 0.6) is 0 Å². The van der Waals surface area contributed by atoms with Gasteiger partial charge in [0.1, 0.15) is 0 Å². The van der Waals surface area contributed by atoms with Crippen molar-refractivity contribution in [1.29, 1.82) is 0 Å². The molecule has 0 radical (unpaired) electrons. The number of rotatable bonds is 4. The van der Waals surface area contributed by atoms with Crippen LogP contribution in [0.25, 0.3) is 0 Å². The van der Waals surface area contributed by atoms with E-state index in [1.54, 1.807) is 11.3 Å². The second kappa shape index (κ2) is 4.99. The molecule has 1 atom stereocenters. The molecule has 2 rings (SSSR count). The number of thiazole rings is 1. The number of anilines is 2. The van der Waals surface area contributed by atoms with Gasteiger partial charge in [0, 0.05) is 35.4 Å². The van der Waals surface area contributed by atoms with Gasteiger partial charge in [-0.2, -0.15) is 0 Å². The van der Waals surface area contributed by atoms with Crippen LogP contribution in [-0.2, 0) is 0 Å². The predicted octanol–water partition coefficient (Wildman–Crippen LogP) is 2.94. The van der Waals surface area contributed by atoms with Gasteiger partial charge < -0.3 is 11.1 Å². The van der Waals surface area contributed by atoms with E-state index in [9.17, 15) is 0 Å². The number of aromatic nitrogens is 1. The highest BCUT2D eigenvalue weighted by molar-refractivity contribution is 7.09. The SMILES string of the molecule is CC(CNc1ccc(N)cc1)c1nccs1. The standard InChI is InChI=1S/C12H15N3S/c1-9(12-14-6-7-16-12)8-15-11-4-2-10(13)3-5-11/h2-7,9,15H,8,13H2,1H3. The van der Waals surface area contributed by atoms with Crippen molar-refractivity contribution in [3.05, 3.63) is 40.8 Å². The molecule has 0 aliphatic heterocycles. The lowest BCUT2D eigenvalue weighted by Gasteiger charge is -2.11. The van der Waals surface area contributed by atoms with Gasteiger partial charge in [-0.3, -0.25) is 0 Å². The van der Waals surface area contributed by atoms with Crippen LogP contribution in [0, 0.1) is 0 Å². The number of hydrogen-bond acceptors (Lipinski definition) is 4. The number of nitrogens with zero attached hydrogens (tertiary/aromatic N) is 1.